The maximum Gasteiger partial charge on any atom is 0.310 e. The first-order valence-corrected chi connectivity index (χ1v) is 7.65. The van der Waals surface area contributed by atoms with Crippen LogP contribution in [0.4, 0.5) is 5.69 Å². The van der Waals surface area contributed by atoms with Crippen molar-refractivity contribution in [1.29, 1.82) is 0 Å². The average Bonchev–Trinajstić information content (AvgIpc) is 2.59. The molecule has 0 bridgehead atoms. The monoisotopic (exact) mass is 344 g/mol. The molecule has 2 rings (SSSR count). The first-order chi connectivity index (χ1) is 11.9. The van der Waals surface area contributed by atoms with Gasteiger partial charge in [-0.25, -0.2) is 0 Å². The average molecular weight is 344 g/mol. The predicted octanol–water partition coefficient (Wildman–Crippen LogP) is 2.95. The van der Waals surface area contributed by atoms with Gasteiger partial charge in [0.15, 0.2) is 12.4 Å². The number of benzene rings is 2. The third-order valence-corrected chi connectivity index (χ3v) is 3.64. The van der Waals surface area contributed by atoms with Gasteiger partial charge in [0.2, 0.25) is 0 Å². The van der Waals surface area contributed by atoms with Gasteiger partial charge >= 0.3 is 5.69 Å². The molecular formula is C18H20N2O5. The molecule has 0 unspecified atom stereocenters. The maximum absolute atomic E-state index is 12.2. The second kappa shape index (κ2) is 8.14. The number of hydrogen-bond donors (Lipinski definition) is 0. The standard InChI is InChI=1S/C18H20N2O5/c1-13-7-8-16(20(22)23)17(9-13)25-12-18(21)19(2)11-14-5-4-6-15(10-14)24-3/h4-10H,11-12H2,1-3H3. The van der Waals surface area contributed by atoms with Crippen LogP contribution in [0.1, 0.15) is 11.1 Å². The highest BCUT2D eigenvalue weighted by molar-refractivity contribution is 5.77. The van der Waals surface area contributed by atoms with E-state index < -0.39 is 4.92 Å². The minimum Gasteiger partial charge on any atom is -0.497 e. The van der Waals surface area contributed by atoms with Gasteiger partial charge in [-0.1, -0.05) is 18.2 Å². The van der Waals surface area contributed by atoms with Crippen LogP contribution in [-0.4, -0.2) is 36.5 Å². The fraction of sp³-hybridized carbons (Fsp3) is 0.278. The van der Waals surface area contributed by atoms with Gasteiger partial charge in [-0.2, -0.15) is 0 Å². The molecule has 0 fully saturated rings. The lowest BCUT2D eigenvalue weighted by molar-refractivity contribution is -0.385. The number of likely N-dealkylation sites (N-methyl/N-ethyl adjacent to an activating group) is 1. The number of rotatable bonds is 7. The third-order valence-electron chi connectivity index (χ3n) is 3.64. The molecule has 132 valence electrons. The summed E-state index contributed by atoms with van der Waals surface area (Å²) in [4.78, 5) is 24.2. The van der Waals surface area contributed by atoms with Gasteiger partial charge in [0, 0.05) is 19.7 Å². The Balaban J connectivity index is 2.00. The molecule has 0 atom stereocenters. The maximum atomic E-state index is 12.2. The molecule has 0 saturated carbocycles. The van der Waals surface area contributed by atoms with E-state index in [2.05, 4.69) is 0 Å². The van der Waals surface area contributed by atoms with E-state index in [9.17, 15) is 14.9 Å². The Morgan fingerprint density at radius 1 is 1.24 bits per heavy atom. The normalized spacial score (nSPS) is 10.2. The summed E-state index contributed by atoms with van der Waals surface area (Å²) in [5.74, 6) is 0.525. The summed E-state index contributed by atoms with van der Waals surface area (Å²) >= 11 is 0. The van der Waals surface area contributed by atoms with Gasteiger partial charge in [-0.05, 0) is 36.2 Å². The van der Waals surface area contributed by atoms with Gasteiger partial charge in [0.05, 0.1) is 12.0 Å². The van der Waals surface area contributed by atoms with Crippen molar-refractivity contribution in [3.63, 3.8) is 0 Å². The number of methoxy groups -OCH3 is 1. The van der Waals surface area contributed by atoms with Crippen molar-refractivity contribution in [3.05, 3.63) is 63.7 Å². The van der Waals surface area contributed by atoms with E-state index in [1.807, 2.05) is 24.3 Å². The Morgan fingerprint density at radius 2 is 2.00 bits per heavy atom. The number of carbonyl (C=O) groups is 1. The molecule has 0 heterocycles. The molecule has 0 aliphatic carbocycles. The number of nitrogens with zero attached hydrogens (tertiary/aromatic N) is 2. The molecule has 0 radical (unpaired) electrons. The Hall–Kier alpha value is -3.09. The topological polar surface area (TPSA) is 81.9 Å². The number of carbonyl (C=O) groups excluding carboxylic acids is 1. The lowest BCUT2D eigenvalue weighted by Crippen LogP contribution is -2.31. The number of ether oxygens (including phenoxy) is 2. The molecule has 0 aromatic heterocycles. The van der Waals surface area contributed by atoms with Crippen LogP contribution in [-0.2, 0) is 11.3 Å². The Morgan fingerprint density at radius 3 is 2.68 bits per heavy atom. The largest absolute Gasteiger partial charge is 0.497 e. The van der Waals surface area contributed by atoms with Crippen LogP contribution in [0, 0.1) is 17.0 Å². The molecule has 0 aliphatic rings. The van der Waals surface area contributed by atoms with Crippen molar-refractivity contribution < 1.29 is 19.2 Å². The van der Waals surface area contributed by atoms with E-state index in [1.165, 1.54) is 11.0 Å². The lowest BCUT2D eigenvalue weighted by Gasteiger charge is -2.18. The SMILES string of the molecule is COc1cccc(CN(C)C(=O)COc2cc(C)ccc2[N+](=O)[O-])c1. The van der Waals surface area contributed by atoms with Crippen molar-refractivity contribution in [2.75, 3.05) is 20.8 Å². The van der Waals surface area contributed by atoms with Gasteiger partial charge in [-0.15, -0.1) is 0 Å². The number of aryl methyl sites for hydroxylation is 1. The van der Waals surface area contributed by atoms with Crippen LogP contribution >= 0.6 is 0 Å². The molecule has 0 N–H and O–H groups in total. The zero-order chi connectivity index (χ0) is 18.4. The fourth-order valence-electron chi connectivity index (χ4n) is 2.27. The van der Waals surface area contributed by atoms with Crippen molar-refractivity contribution in [2.24, 2.45) is 0 Å². The molecule has 0 aliphatic heterocycles. The van der Waals surface area contributed by atoms with Gasteiger partial charge in [0.25, 0.3) is 5.91 Å². The van der Waals surface area contributed by atoms with E-state index >= 15 is 0 Å². The lowest BCUT2D eigenvalue weighted by atomic mass is 10.2. The van der Waals surface area contributed by atoms with Crippen molar-refractivity contribution in [2.45, 2.75) is 13.5 Å². The molecule has 0 spiro atoms. The van der Waals surface area contributed by atoms with Crippen LogP contribution in [0.3, 0.4) is 0 Å². The predicted molar refractivity (Wildman–Crippen MR) is 92.8 cm³/mol. The highest BCUT2D eigenvalue weighted by Crippen LogP contribution is 2.27. The van der Waals surface area contributed by atoms with Gasteiger partial charge in [0.1, 0.15) is 5.75 Å². The van der Waals surface area contributed by atoms with Crippen molar-refractivity contribution in [3.8, 4) is 11.5 Å². The van der Waals surface area contributed by atoms with Gasteiger partial charge in [-0.3, -0.25) is 14.9 Å². The molecule has 2 aromatic carbocycles. The highest BCUT2D eigenvalue weighted by Gasteiger charge is 2.17. The van der Waals surface area contributed by atoms with Crippen molar-refractivity contribution >= 4 is 11.6 Å². The fourth-order valence-corrected chi connectivity index (χ4v) is 2.27. The smallest absolute Gasteiger partial charge is 0.310 e. The first kappa shape index (κ1) is 18.3. The summed E-state index contributed by atoms with van der Waals surface area (Å²) in [5, 5.41) is 11.0. The van der Waals surface area contributed by atoms with Crippen LogP contribution < -0.4 is 9.47 Å². The van der Waals surface area contributed by atoms with E-state index in [-0.39, 0.29) is 24.0 Å². The second-order valence-corrected chi connectivity index (χ2v) is 5.62. The van der Waals surface area contributed by atoms with Gasteiger partial charge < -0.3 is 14.4 Å². The van der Waals surface area contributed by atoms with Crippen LogP contribution in [0.15, 0.2) is 42.5 Å². The van der Waals surface area contributed by atoms with Crippen molar-refractivity contribution in [1.82, 2.24) is 4.90 Å². The first-order valence-electron chi connectivity index (χ1n) is 7.65. The molecule has 1 amide bonds. The molecule has 7 nitrogen and oxygen atoms in total. The van der Waals surface area contributed by atoms with E-state index in [1.54, 1.807) is 33.2 Å². The quantitative estimate of drug-likeness (QED) is 0.570. The molecule has 7 heteroatoms. The molecular weight excluding hydrogens is 324 g/mol. The minimum absolute atomic E-state index is 0.0909. The summed E-state index contributed by atoms with van der Waals surface area (Å²) in [6.07, 6.45) is 0. The highest BCUT2D eigenvalue weighted by atomic mass is 16.6. The Bertz CT molecular complexity index is 776. The van der Waals surface area contributed by atoms with E-state index in [4.69, 9.17) is 9.47 Å². The number of hydrogen-bond acceptors (Lipinski definition) is 5. The van der Waals surface area contributed by atoms with E-state index in [0.717, 1.165) is 11.1 Å². The summed E-state index contributed by atoms with van der Waals surface area (Å²) in [5.41, 5.74) is 1.57. The minimum atomic E-state index is -0.529. The third kappa shape index (κ3) is 4.94. The van der Waals surface area contributed by atoms with Crippen LogP contribution in [0.2, 0.25) is 0 Å². The van der Waals surface area contributed by atoms with Crippen LogP contribution in [0.25, 0.3) is 0 Å². The number of amides is 1. The number of nitro groups is 1. The Kier molecular flexibility index (Phi) is 5.94. The molecule has 2 aromatic rings. The summed E-state index contributed by atoms with van der Waals surface area (Å²) in [6, 6.07) is 11.9. The zero-order valence-corrected chi connectivity index (χ0v) is 14.4. The van der Waals surface area contributed by atoms with Crippen LogP contribution in [0.5, 0.6) is 11.5 Å². The summed E-state index contributed by atoms with van der Waals surface area (Å²) in [6.45, 7) is 1.91. The Labute approximate surface area is 145 Å². The number of nitro benzene ring substituents is 1. The van der Waals surface area contributed by atoms with E-state index in [0.29, 0.717) is 12.3 Å². The molecule has 0 saturated heterocycles. The summed E-state index contributed by atoms with van der Waals surface area (Å²) in [7, 11) is 3.23. The summed E-state index contributed by atoms with van der Waals surface area (Å²) < 4.78 is 10.5. The second-order valence-electron chi connectivity index (χ2n) is 5.62. The molecule has 25 heavy (non-hydrogen) atoms. The zero-order valence-electron chi connectivity index (χ0n) is 14.4.